The number of likely N-dealkylation sites (tertiary alicyclic amines) is 1. The maximum Gasteiger partial charge on any atom is 0.0920 e. The summed E-state index contributed by atoms with van der Waals surface area (Å²) < 4.78 is 6.26. The van der Waals surface area contributed by atoms with Crippen LogP contribution in [0.5, 0.6) is 0 Å². The highest BCUT2D eigenvalue weighted by atomic mass is 35.5. The first-order valence-corrected chi connectivity index (χ1v) is 13.8. The number of hydrogen-bond donors (Lipinski definition) is 2. The van der Waals surface area contributed by atoms with Gasteiger partial charge in [0.1, 0.15) is 0 Å². The van der Waals surface area contributed by atoms with Gasteiger partial charge in [-0.3, -0.25) is 10.3 Å². The average molecular weight is 556 g/mol. The SMILES string of the molecule is CONC(COC(C)c1ccccc1)=C(CCN1CCC(O)(c2ccccc2)CC1)c1ccc(Cl)c(Cl)c1. The van der Waals surface area contributed by atoms with E-state index in [-0.39, 0.29) is 6.10 Å². The highest BCUT2D eigenvalue weighted by Crippen LogP contribution is 2.34. The molecule has 1 aliphatic rings. The number of benzene rings is 3. The van der Waals surface area contributed by atoms with Crippen molar-refractivity contribution in [2.75, 3.05) is 33.4 Å². The molecule has 0 bridgehead atoms. The standard InChI is InChI=1S/C31H36Cl2N2O3/c1-23(24-9-5-3-6-10-24)38-22-30(34-37-2)27(25-13-14-28(32)29(33)21-25)15-18-35-19-16-31(36,17-20-35)26-11-7-4-8-12-26/h3-14,21,23,34,36H,15-20,22H2,1-2H3. The Balaban J connectivity index is 1.50. The topological polar surface area (TPSA) is 54.0 Å². The predicted molar refractivity (Wildman–Crippen MR) is 155 cm³/mol. The van der Waals surface area contributed by atoms with Crippen molar-refractivity contribution < 1.29 is 14.7 Å². The van der Waals surface area contributed by atoms with E-state index in [9.17, 15) is 5.11 Å². The fraction of sp³-hybridized carbons (Fsp3) is 0.355. The van der Waals surface area contributed by atoms with E-state index in [2.05, 4.69) is 22.5 Å². The molecule has 0 spiro atoms. The van der Waals surface area contributed by atoms with Crippen LogP contribution in [0.3, 0.4) is 0 Å². The minimum absolute atomic E-state index is 0.0855. The molecule has 0 amide bonds. The van der Waals surface area contributed by atoms with Crippen molar-refractivity contribution in [1.29, 1.82) is 0 Å². The lowest BCUT2D eigenvalue weighted by molar-refractivity contribution is -0.0253. The molecule has 3 aromatic rings. The second-order valence-corrected chi connectivity index (χ2v) is 10.6. The summed E-state index contributed by atoms with van der Waals surface area (Å²) in [4.78, 5) is 7.77. The van der Waals surface area contributed by atoms with E-state index in [0.717, 1.165) is 54.0 Å². The lowest BCUT2D eigenvalue weighted by atomic mass is 9.84. The highest BCUT2D eigenvalue weighted by molar-refractivity contribution is 6.42. The summed E-state index contributed by atoms with van der Waals surface area (Å²) >= 11 is 12.6. The van der Waals surface area contributed by atoms with E-state index < -0.39 is 5.60 Å². The van der Waals surface area contributed by atoms with Crippen molar-refractivity contribution >= 4 is 28.8 Å². The minimum atomic E-state index is -0.773. The van der Waals surface area contributed by atoms with Gasteiger partial charge in [-0.1, -0.05) is 89.9 Å². The van der Waals surface area contributed by atoms with E-state index in [1.54, 1.807) is 7.11 Å². The van der Waals surface area contributed by atoms with Crippen molar-refractivity contribution in [3.05, 3.63) is 111 Å². The van der Waals surface area contributed by atoms with Crippen molar-refractivity contribution in [2.45, 2.75) is 37.9 Å². The molecule has 1 fully saturated rings. The average Bonchev–Trinajstić information content (AvgIpc) is 2.95. The van der Waals surface area contributed by atoms with Crippen molar-refractivity contribution in [2.24, 2.45) is 0 Å². The van der Waals surface area contributed by atoms with Gasteiger partial charge in [-0.15, -0.1) is 0 Å². The third kappa shape index (κ3) is 7.38. The first kappa shape index (κ1) is 28.6. The molecule has 3 aromatic carbocycles. The zero-order valence-corrected chi connectivity index (χ0v) is 23.5. The van der Waals surface area contributed by atoms with Gasteiger partial charge in [0.15, 0.2) is 0 Å². The molecule has 0 aliphatic carbocycles. The van der Waals surface area contributed by atoms with Gasteiger partial charge in [0.25, 0.3) is 0 Å². The van der Waals surface area contributed by atoms with Crippen LogP contribution in [0.1, 0.15) is 49.0 Å². The maximum absolute atomic E-state index is 11.2. The molecule has 1 aliphatic heterocycles. The molecule has 0 saturated carbocycles. The van der Waals surface area contributed by atoms with Crippen LogP contribution in [0, 0.1) is 0 Å². The molecule has 4 rings (SSSR count). The Kier molecular flexibility index (Phi) is 10.3. The number of hydrogen-bond acceptors (Lipinski definition) is 5. The number of rotatable bonds is 11. The van der Waals surface area contributed by atoms with Gasteiger partial charge in [0, 0.05) is 19.6 Å². The summed E-state index contributed by atoms with van der Waals surface area (Å²) in [6.45, 7) is 4.83. The number of aliphatic hydroxyl groups is 1. The van der Waals surface area contributed by atoms with Gasteiger partial charge in [-0.05, 0) is 60.6 Å². The summed E-state index contributed by atoms with van der Waals surface area (Å²) in [5.74, 6) is 0. The van der Waals surface area contributed by atoms with E-state index in [4.69, 9.17) is 32.8 Å². The molecular weight excluding hydrogens is 519 g/mol. The Hall–Kier alpha value is -2.38. The quantitative estimate of drug-likeness (QED) is 0.250. The number of ether oxygens (including phenoxy) is 1. The van der Waals surface area contributed by atoms with Gasteiger partial charge in [-0.25, -0.2) is 0 Å². The summed E-state index contributed by atoms with van der Waals surface area (Å²) in [5.41, 5.74) is 7.25. The predicted octanol–water partition coefficient (Wildman–Crippen LogP) is 7.01. The molecule has 0 aromatic heterocycles. The van der Waals surface area contributed by atoms with Gasteiger partial charge in [0.2, 0.25) is 0 Å². The van der Waals surface area contributed by atoms with Crippen LogP contribution in [0.25, 0.3) is 5.57 Å². The normalized spacial score (nSPS) is 17.1. The molecule has 1 saturated heterocycles. The number of nitrogens with zero attached hydrogens (tertiary/aromatic N) is 1. The van der Waals surface area contributed by atoms with Crippen molar-refractivity contribution in [3.63, 3.8) is 0 Å². The van der Waals surface area contributed by atoms with Gasteiger partial charge < -0.3 is 14.7 Å². The fourth-order valence-corrected chi connectivity index (χ4v) is 5.23. The number of halogens is 2. The molecule has 38 heavy (non-hydrogen) atoms. The molecular formula is C31H36Cl2N2O3. The van der Waals surface area contributed by atoms with Crippen LogP contribution in [-0.2, 0) is 15.2 Å². The summed E-state index contributed by atoms with van der Waals surface area (Å²) in [5, 5.41) is 12.3. The second-order valence-electron chi connectivity index (χ2n) is 9.75. The molecule has 1 atom stereocenters. The third-order valence-corrected chi connectivity index (χ3v) is 8.02. The summed E-state index contributed by atoms with van der Waals surface area (Å²) in [6, 6.07) is 25.8. The maximum atomic E-state index is 11.2. The molecule has 0 radical (unpaired) electrons. The van der Waals surface area contributed by atoms with Crippen LogP contribution in [0.15, 0.2) is 84.6 Å². The smallest absolute Gasteiger partial charge is 0.0920 e. The number of piperidine rings is 1. The van der Waals surface area contributed by atoms with Gasteiger partial charge >= 0.3 is 0 Å². The van der Waals surface area contributed by atoms with Crippen LogP contribution in [0.2, 0.25) is 10.0 Å². The van der Waals surface area contributed by atoms with Crippen LogP contribution in [0.4, 0.5) is 0 Å². The Labute approximate surface area is 235 Å². The Bertz CT molecular complexity index is 1200. The summed E-state index contributed by atoms with van der Waals surface area (Å²) in [6.07, 6.45) is 2.06. The van der Waals surface area contributed by atoms with E-state index in [1.807, 2.05) is 73.7 Å². The third-order valence-electron chi connectivity index (χ3n) is 7.28. The lowest BCUT2D eigenvalue weighted by Gasteiger charge is -2.38. The summed E-state index contributed by atoms with van der Waals surface area (Å²) in [7, 11) is 1.60. The second kappa shape index (κ2) is 13.6. The van der Waals surface area contributed by atoms with Gasteiger partial charge in [0.05, 0.1) is 41.2 Å². The number of hydroxylamine groups is 1. The Morgan fingerprint density at radius 3 is 2.26 bits per heavy atom. The van der Waals surface area contributed by atoms with Crippen molar-refractivity contribution in [3.8, 4) is 0 Å². The monoisotopic (exact) mass is 554 g/mol. The highest BCUT2D eigenvalue weighted by Gasteiger charge is 2.33. The van der Waals surface area contributed by atoms with Crippen molar-refractivity contribution in [1.82, 2.24) is 10.4 Å². The molecule has 7 heteroatoms. The number of nitrogens with one attached hydrogen (secondary N) is 1. The van der Waals surface area contributed by atoms with E-state index in [0.29, 0.717) is 29.5 Å². The molecule has 202 valence electrons. The lowest BCUT2D eigenvalue weighted by Crippen LogP contribution is -2.43. The first-order chi connectivity index (χ1) is 18.4. The largest absolute Gasteiger partial charge is 0.385 e. The van der Waals surface area contributed by atoms with Crippen LogP contribution < -0.4 is 5.48 Å². The molecule has 1 heterocycles. The molecule has 1 unspecified atom stereocenters. The molecule has 2 N–H and O–H groups in total. The van der Waals surface area contributed by atoms with E-state index >= 15 is 0 Å². The first-order valence-electron chi connectivity index (χ1n) is 13.0. The zero-order chi connectivity index (χ0) is 27.0. The van der Waals surface area contributed by atoms with E-state index in [1.165, 1.54) is 0 Å². The van der Waals surface area contributed by atoms with Gasteiger partial charge in [-0.2, -0.15) is 0 Å². The Morgan fingerprint density at radius 2 is 1.63 bits per heavy atom. The Morgan fingerprint density at radius 1 is 0.974 bits per heavy atom. The fourth-order valence-electron chi connectivity index (χ4n) is 4.94. The minimum Gasteiger partial charge on any atom is -0.385 e. The van der Waals surface area contributed by atoms with Crippen LogP contribution in [-0.4, -0.2) is 43.4 Å². The van der Waals surface area contributed by atoms with Crippen LogP contribution >= 0.6 is 23.2 Å². The zero-order valence-electron chi connectivity index (χ0n) is 22.0. The molecule has 5 nitrogen and oxygen atoms in total.